The molecule has 0 N–H and O–H groups in total. The maximum absolute atomic E-state index is 12.8. The first-order chi connectivity index (χ1) is 13.4. The third-order valence-corrected chi connectivity index (χ3v) is 6.77. The molecule has 0 unspecified atom stereocenters. The number of fused-ring (bicyclic) bond motifs is 1. The van der Waals surface area contributed by atoms with E-state index in [1.807, 2.05) is 28.8 Å². The number of hydrogen-bond donors (Lipinski definition) is 0. The van der Waals surface area contributed by atoms with Crippen molar-refractivity contribution in [3.05, 3.63) is 65.0 Å². The molecule has 0 radical (unpaired) electrons. The fraction of sp³-hybridized carbons (Fsp3) is 0.278. The van der Waals surface area contributed by atoms with Crippen LogP contribution in [0.15, 0.2) is 59.8 Å². The molecule has 28 heavy (non-hydrogen) atoms. The summed E-state index contributed by atoms with van der Waals surface area (Å²) in [5.74, 6) is 0. The quantitative estimate of drug-likeness (QED) is 0.478. The molecule has 2 aromatic carbocycles. The predicted octanol–water partition coefficient (Wildman–Crippen LogP) is 1.91. The number of imidazole rings is 1. The average molecular weight is 401 g/mol. The number of hydrogen-bond acceptors (Lipinski definition) is 6. The Morgan fingerprint density at radius 3 is 2.54 bits per heavy atom. The Labute approximate surface area is 162 Å². The fourth-order valence-corrected chi connectivity index (χ4v) is 4.82. The van der Waals surface area contributed by atoms with E-state index in [0.29, 0.717) is 32.8 Å². The van der Waals surface area contributed by atoms with Gasteiger partial charge in [-0.05, 0) is 18.2 Å². The second-order valence-electron chi connectivity index (χ2n) is 6.62. The van der Waals surface area contributed by atoms with Crippen molar-refractivity contribution in [1.82, 2.24) is 18.8 Å². The normalized spacial score (nSPS) is 16.4. The third kappa shape index (κ3) is 3.49. The van der Waals surface area contributed by atoms with Crippen molar-refractivity contribution in [2.45, 2.75) is 11.6 Å². The lowest BCUT2D eigenvalue weighted by Crippen LogP contribution is -2.48. The molecule has 0 atom stereocenters. The lowest BCUT2D eigenvalue weighted by atomic mass is 10.3. The Morgan fingerprint density at radius 2 is 1.79 bits per heavy atom. The predicted molar refractivity (Wildman–Crippen MR) is 103 cm³/mol. The molecule has 1 aliphatic heterocycles. The minimum absolute atomic E-state index is 0.0456. The van der Waals surface area contributed by atoms with Gasteiger partial charge in [0.1, 0.15) is 0 Å². The van der Waals surface area contributed by atoms with E-state index in [9.17, 15) is 18.5 Å². The topological polar surface area (TPSA) is 102 Å². The first-order valence-corrected chi connectivity index (χ1v) is 10.3. The summed E-state index contributed by atoms with van der Waals surface area (Å²) in [6.45, 7) is 2.43. The largest absolute Gasteiger partial charge is 0.317 e. The van der Waals surface area contributed by atoms with Gasteiger partial charge in [-0.25, -0.2) is 13.4 Å². The first kappa shape index (κ1) is 18.5. The molecule has 1 fully saturated rings. The van der Waals surface area contributed by atoms with Gasteiger partial charge in [0, 0.05) is 38.3 Å². The number of aromatic nitrogens is 2. The van der Waals surface area contributed by atoms with Gasteiger partial charge < -0.3 is 4.57 Å². The highest BCUT2D eigenvalue weighted by molar-refractivity contribution is 7.89. The molecule has 10 heteroatoms. The Kier molecular flexibility index (Phi) is 4.84. The molecule has 146 valence electrons. The summed E-state index contributed by atoms with van der Waals surface area (Å²) < 4.78 is 29.1. The van der Waals surface area contributed by atoms with Gasteiger partial charge in [0.05, 0.1) is 33.8 Å². The molecule has 0 spiro atoms. The Hall–Kier alpha value is -2.82. The van der Waals surface area contributed by atoms with Gasteiger partial charge in [0.15, 0.2) is 0 Å². The van der Waals surface area contributed by atoms with Gasteiger partial charge in [-0.3, -0.25) is 15.0 Å². The van der Waals surface area contributed by atoms with Crippen molar-refractivity contribution < 1.29 is 13.3 Å². The molecule has 2 heterocycles. The van der Waals surface area contributed by atoms with E-state index < -0.39 is 14.9 Å². The smallest absolute Gasteiger partial charge is 0.270 e. The molecule has 3 aromatic rings. The van der Waals surface area contributed by atoms with E-state index in [-0.39, 0.29) is 10.6 Å². The van der Waals surface area contributed by atoms with Gasteiger partial charge in [-0.2, -0.15) is 4.31 Å². The van der Waals surface area contributed by atoms with E-state index >= 15 is 0 Å². The lowest BCUT2D eigenvalue weighted by molar-refractivity contribution is -0.385. The molecule has 0 amide bonds. The number of sulfonamides is 1. The number of non-ortho nitro benzene ring substituents is 1. The monoisotopic (exact) mass is 401 g/mol. The van der Waals surface area contributed by atoms with Crippen LogP contribution in [0.3, 0.4) is 0 Å². The Balaban J connectivity index is 1.45. The molecule has 9 nitrogen and oxygen atoms in total. The van der Waals surface area contributed by atoms with E-state index in [2.05, 4.69) is 9.88 Å². The Bertz CT molecular complexity index is 1120. The standard InChI is InChI=1S/C18H19N5O4S/c24-23(25)15-4-3-5-16(12-15)28(26,27)22-10-8-20(9-11-22)14-21-13-19-17-6-1-2-7-18(17)21/h1-7,12-13H,8-11,14H2. The van der Waals surface area contributed by atoms with Crippen LogP contribution in [0.5, 0.6) is 0 Å². The molecule has 1 aromatic heterocycles. The molecule has 1 saturated heterocycles. The summed E-state index contributed by atoms with van der Waals surface area (Å²) >= 11 is 0. The van der Waals surface area contributed by atoms with Gasteiger partial charge in [0.2, 0.25) is 10.0 Å². The summed E-state index contributed by atoms with van der Waals surface area (Å²) in [6.07, 6.45) is 1.79. The van der Waals surface area contributed by atoms with Gasteiger partial charge >= 0.3 is 0 Å². The highest BCUT2D eigenvalue weighted by Gasteiger charge is 2.29. The van der Waals surface area contributed by atoms with Crippen molar-refractivity contribution in [1.29, 1.82) is 0 Å². The molecule has 0 bridgehead atoms. The number of benzene rings is 2. The van der Waals surface area contributed by atoms with E-state index in [1.165, 1.54) is 22.5 Å². The van der Waals surface area contributed by atoms with Crippen LogP contribution in [-0.4, -0.2) is 58.3 Å². The van der Waals surface area contributed by atoms with Crippen molar-refractivity contribution >= 4 is 26.7 Å². The van der Waals surface area contributed by atoms with Crippen molar-refractivity contribution in [3.63, 3.8) is 0 Å². The summed E-state index contributed by atoms with van der Waals surface area (Å²) in [6, 6.07) is 13.0. The lowest BCUT2D eigenvalue weighted by Gasteiger charge is -2.34. The number of nitro groups is 1. The molecule has 4 rings (SSSR count). The fourth-order valence-electron chi connectivity index (χ4n) is 3.36. The van der Waals surface area contributed by atoms with Crippen LogP contribution in [0.2, 0.25) is 0 Å². The zero-order valence-corrected chi connectivity index (χ0v) is 15.8. The summed E-state index contributed by atoms with van der Waals surface area (Å²) in [7, 11) is -3.76. The number of nitro benzene ring substituents is 1. The highest BCUT2D eigenvalue weighted by Crippen LogP contribution is 2.22. The van der Waals surface area contributed by atoms with E-state index in [1.54, 1.807) is 6.33 Å². The van der Waals surface area contributed by atoms with Crippen LogP contribution < -0.4 is 0 Å². The van der Waals surface area contributed by atoms with E-state index in [0.717, 1.165) is 17.1 Å². The van der Waals surface area contributed by atoms with Crippen molar-refractivity contribution in [3.8, 4) is 0 Å². The molecule has 1 aliphatic rings. The zero-order valence-electron chi connectivity index (χ0n) is 15.0. The summed E-state index contributed by atoms with van der Waals surface area (Å²) in [5.41, 5.74) is 1.73. The zero-order chi connectivity index (χ0) is 19.7. The number of para-hydroxylation sites is 2. The number of piperazine rings is 1. The maximum Gasteiger partial charge on any atom is 0.270 e. The Morgan fingerprint density at radius 1 is 1.04 bits per heavy atom. The van der Waals surface area contributed by atoms with Crippen LogP contribution in [-0.2, 0) is 16.7 Å². The number of rotatable bonds is 5. The van der Waals surface area contributed by atoms with Gasteiger partial charge in [-0.1, -0.05) is 18.2 Å². The molecule has 0 saturated carbocycles. The minimum atomic E-state index is -3.76. The third-order valence-electron chi connectivity index (χ3n) is 4.88. The second kappa shape index (κ2) is 7.30. The van der Waals surface area contributed by atoms with Crippen LogP contribution in [0.4, 0.5) is 5.69 Å². The summed E-state index contributed by atoms with van der Waals surface area (Å²) in [4.78, 5) is 16.8. The van der Waals surface area contributed by atoms with E-state index in [4.69, 9.17) is 0 Å². The van der Waals surface area contributed by atoms with Crippen LogP contribution in [0.1, 0.15) is 0 Å². The summed E-state index contributed by atoms with van der Waals surface area (Å²) in [5, 5.41) is 10.9. The SMILES string of the molecule is O=[N+]([O-])c1cccc(S(=O)(=O)N2CCN(Cn3cnc4ccccc43)CC2)c1. The highest BCUT2D eigenvalue weighted by atomic mass is 32.2. The van der Waals surface area contributed by atoms with Crippen LogP contribution in [0, 0.1) is 10.1 Å². The molecular formula is C18H19N5O4S. The van der Waals surface area contributed by atoms with Crippen LogP contribution in [0.25, 0.3) is 11.0 Å². The van der Waals surface area contributed by atoms with Gasteiger partial charge in [-0.15, -0.1) is 0 Å². The van der Waals surface area contributed by atoms with Crippen molar-refractivity contribution in [2.75, 3.05) is 26.2 Å². The number of nitrogens with zero attached hydrogens (tertiary/aromatic N) is 5. The van der Waals surface area contributed by atoms with Gasteiger partial charge in [0.25, 0.3) is 5.69 Å². The maximum atomic E-state index is 12.8. The minimum Gasteiger partial charge on any atom is -0.317 e. The van der Waals surface area contributed by atoms with Crippen molar-refractivity contribution in [2.24, 2.45) is 0 Å². The second-order valence-corrected chi connectivity index (χ2v) is 8.56. The first-order valence-electron chi connectivity index (χ1n) is 8.82. The average Bonchev–Trinajstić information content (AvgIpc) is 3.11. The molecular weight excluding hydrogens is 382 g/mol. The van der Waals surface area contributed by atoms with Crippen LogP contribution >= 0.6 is 0 Å². The molecule has 0 aliphatic carbocycles.